The van der Waals surface area contributed by atoms with E-state index in [-0.39, 0.29) is 5.91 Å². The number of amides is 1. The normalized spacial score (nSPS) is 11.8. The Balaban J connectivity index is 2.04. The second-order valence-electron chi connectivity index (χ2n) is 4.63. The molecule has 1 amide bonds. The molecular weight excluding hydrogens is 288 g/mol. The first-order valence-corrected chi connectivity index (χ1v) is 6.92. The van der Waals surface area contributed by atoms with Gasteiger partial charge < -0.3 is 15.8 Å². The predicted molar refractivity (Wildman–Crippen MR) is 84.8 cm³/mol. The van der Waals surface area contributed by atoms with E-state index < -0.39 is 6.04 Å². The Kier molecular flexibility index (Phi) is 5.20. The van der Waals surface area contributed by atoms with E-state index in [1.165, 1.54) is 0 Å². The molecule has 5 heteroatoms. The van der Waals surface area contributed by atoms with E-state index in [1.807, 2.05) is 30.3 Å². The van der Waals surface area contributed by atoms with E-state index in [0.29, 0.717) is 22.9 Å². The summed E-state index contributed by atoms with van der Waals surface area (Å²) in [6.45, 7) is 0. The van der Waals surface area contributed by atoms with Crippen molar-refractivity contribution in [1.82, 2.24) is 0 Å². The molecule has 0 fully saturated rings. The molecule has 0 aliphatic heterocycles. The van der Waals surface area contributed by atoms with Crippen molar-refractivity contribution in [2.24, 2.45) is 5.73 Å². The van der Waals surface area contributed by atoms with Crippen LogP contribution in [-0.2, 0) is 11.2 Å². The molecule has 4 nitrogen and oxygen atoms in total. The lowest BCUT2D eigenvalue weighted by Gasteiger charge is -2.14. The fourth-order valence-corrected chi connectivity index (χ4v) is 2.08. The van der Waals surface area contributed by atoms with Gasteiger partial charge in [0.15, 0.2) is 0 Å². The first kappa shape index (κ1) is 15.4. The third-order valence-electron chi connectivity index (χ3n) is 3.07. The van der Waals surface area contributed by atoms with Crippen molar-refractivity contribution >= 4 is 23.2 Å². The molecule has 0 radical (unpaired) electrons. The summed E-state index contributed by atoms with van der Waals surface area (Å²) in [6.07, 6.45) is 0.467. The number of halogens is 1. The van der Waals surface area contributed by atoms with Gasteiger partial charge in [0.1, 0.15) is 5.75 Å². The number of carbonyl (C=O) groups is 1. The topological polar surface area (TPSA) is 64.3 Å². The Morgan fingerprint density at radius 2 is 2.00 bits per heavy atom. The molecule has 0 heterocycles. The highest BCUT2D eigenvalue weighted by molar-refractivity contribution is 6.33. The summed E-state index contributed by atoms with van der Waals surface area (Å²) in [5.74, 6) is 0.334. The smallest absolute Gasteiger partial charge is 0.241 e. The minimum atomic E-state index is -0.644. The van der Waals surface area contributed by atoms with Crippen LogP contribution >= 0.6 is 11.6 Å². The van der Waals surface area contributed by atoms with Crippen LogP contribution in [0.15, 0.2) is 48.5 Å². The molecule has 0 unspecified atom stereocenters. The van der Waals surface area contributed by atoms with E-state index in [0.717, 1.165) is 5.56 Å². The summed E-state index contributed by atoms with van der Waals surface area (Å²) >= 11 is 6.05. The monoisotopic (exact) mass is 304 g/mol. The van der Waals surface area contributed by atoms with Gasteiger partial charge in [-0.15, -0.1) is 0 Å². The third kappa shape index (κ3) is 4.21. The lowest BCUT2D eigenvalue weighted by atomic mass is 10.1. The Hall–Kier alpha value is -2.04. The molecule has 0 aliphatic rings. The summed E-state index contributed by atoms with van der Waals surface area (Å²) in [4.78, 5) is 12.1. The molecule has 0 saturated heterocycles. The van der Waals surface area contributed by atoms with Crippen molar-refractivity contribution in [2.45, 2.75) is 12.5 Å². The maximum Gasteiger partial charge on any atom is 0.241 e. The number of benzene rings is 2. The lowest BCUT2D eigenvalue weighted by Crippen LogP contribution is -2.37. The van der Waals surface area contributed by atoms with Gasteiger partial charge >= 0.3 is 0 Å². The maximum absolute atomic E-state index is 12.1. The number of hydrogen-bond donors (Lipinski definition) is 2. The Bertz CT molecular complexity index is 617. The van der Waals surface area contributed by atoms with Crippen molar-refractivity contribution in [1.29, 1.82) is 0 Å². The number of nitrogens with one attached hydrogen (secondary N) is 1. The molecule has 0 aliphatic carbocycles. The third-order valence-corrected chi connectivity index (χ3v) is 3.40. The fraction of sp³-hybridized carbons (Fsp3) is 0.188. The highest BCUT2D eigenvalue weighted by Gasteiger charge is 2.15. The van der Waals surface area contributed by atoms with Crippen molar-refractivity contribution < 1.29 is 9.53 Å². The van der Waals surface area contributed by atoms with E-state index in [1.54, 1.807) is 25.3 Å². The average molecular weight is 305 g/mol. The number of ether oxygens (including phenoxy) is 1. The SMILES string of the molecule is COc1ccc(Cl)c(NC(=O)[C@@H](N)Cc2ccccc2)c1. The number of anilines is 1. The number of nitrogens with two attached hydrogens (primary N) is 1. The molecule has 110 valence electrons. The van der Waals surface area contributed by atoms with Crippen LogP contribution in [0.25, 0.3) is 0 Å². The summed E-state index contributed by atoms with van der Waals surface area (Å²) in [7, 11) is 1.55. The van der Waals surface area contributed by atoms with E-state index in [9.17, 15) is 4.79 Å². The molecule has 1 atom stereocenters. The fourth-order valence-electron chi connectivity index (χ4n) is 1.91. The summed E-state index contributed by atoms with van der Waals surface area (Å²) in [5.41, 5.74) is 7.43. The number of rotatable bonds is 5. The molecule has 0 aromatic heterocycles. The lowest BCUT2D eigenvalue weighted by molar-refractivity contribution is -0.117. The molecule has 2 aromatic carbocycles. The maximum atomic E-state index is 12.1. The van der Waals surface area contributed by atoms with Crippen molar-refractivity contribution in [3.8, 4) is 5.75 Å². The molecule has 21 heavy (non-hydrogen) atoms. The van der Waals surface area contributed by atoms with Crippen LogP contribution in [0.3, 0.4) is 0 Å². The van der Waals surface area contributed by atoms with Gasteiger partial charge in [-0.05, 0) is 24.1 Å². The summed E-state index contributed by atoms with van der Waals surface area (Å²) < 4.78 is 5.11. The number of carbonyl (C=O) groups excluding carboxylic acids is 1. The van der Waals surface area contributed by atoms with Gasteiger partial charge in [0, 0.05) is 6.07 Å². The molecule has 3 N–H and O–H groups in total. The van der Waals surface area contributed by atoms with E-state index >= 15 is 0 Å². The minimum Gasteiger partial charge on any atom is -0.497 e. The molecule has 2 aromatic rings. The molecular formula is C16H17ClN2O2. The van der Waals surface area contributed by atoms with Gasteiger partial charge in [-0.1, -0.05) is 41.9 Å². The largest absolute Gasteiger partial charge is 0.497 e. The quantitative estimate of drug-likeness (QED) is 0.892. The van der Waals surface area contributed by atoms with Crippen LogP contribution in [0.2, 0.25) is 5.02 Å². The predicted octanol–water partition coefficient (Wildman–Crippen LogP) is 2.86. The van der Waals surface area contributed by atoms with Gasteiger partial charge in [-0.2, -0.15) is 0 Å². The van der Waals surface area contributed by atoms with Crippen LogP contribution in [-0.4, -0.2) is 19.1 Å². The Labute approximate surface area is 128 Å². The number of hydrogen-bond acceptors (Lipinski definition) is 3. The Morgan fingerprint density at radius 3 is 2.67 bits per heavy atom. The zero-order valence-electron chi connectivity index (χ0n) is 11.7. The minimum absolute atomic E-state index is 0.283. The van der Waals surface area contributed by atoms with Gasteiger partial charge in [-0.3, -0.25) is 4.79 Å². The highest BCUT2D eigenvalue weighted by Crippen LogP contribution is 2.26. The van der Waals surface area contributed by atoms with Crippen molar-refractivity contribution in [2.75, 3.05) is 12.4 Å². The van der Waals surface area contributed by atoms with E-state index in [4.69, 9.17) is 22.1 Å². The van der Waals surface area contributed by atoms with Crippen LogP contribution in [0.4, 0.5) is 5.69 Å². The first-order valence-electron chi connectivity index (χ1n) is 6.54. The van der Waals surface area contributed by atoms with Crippen molar-refractivity contribution in [3.63, 3.8) is 0 Å². The van der Waals surface area contributed by atoms with Gasteiger partial charge in [0.2, 0.25) is 5.91 Å². The van der Waals surface area contributed by atoms with Crippen LogP contribution in [0.5, 0.6) is 5.75 Å². The van der Waals surface area contributed by atoms with E-state index in [2.05, 4.69) is 5.32 Å². The zero-order chi connectivity index (χ0) is 15.2. The Morgan fingerprint density at radius 1 is 1.29 bits per heavy atom. The van der Waals surface area contributed by atoms with Gasteiger partial charge in [0.05, 0.1) is 23.9 Å². The van der Waals surface area contributed by atoms with Gasteiger partial charge in [0.25, 0.3) is 0 Å². The molecule has 0 spiro atoms. The second kappa shape index (κ2) is 7.11. The standard InChI is InChI=1S/C16H17ClN2O2/c1-21-12-7-8-13(17)15(10-12)19-16(20)14(18)9-11-5-3-2-4-6-11/h2-8,10,14H,9,18H2,1H3,(H,19,20)/t14-/m0/s1. The average Bonchev–Trinajstić information content (AvgIpc) is 2.50. The summed E-state index contributed by atoms with van der Waals surface area (Å²) in [5, 5.41) is 3.17. The van der Waals surface area contributed by atoms with Gasteiger partial charge in [-0.25, -0.2) is 0 Å². The van der Waals surface area contributed by atoms with Crippen LogP contribution in [0, 0.1) is 0 Å². The van der Waals surface area contributed by atoms with Crippen LogP contribution in [0.1, 0.15) is 5.56 Å². The number of methoxy groups -OCH3 is 1. The highest BCUT2D eigenvalue weighted by atomic mass is 35.5. The molecule has 0 saturated carbocycles. The first-order chi connectivity index (χ1) is 10.1. The summed E-state index contributed by atoms with van der Waals surface area (Å²) in [6, 6.07) is 14.0. The molecule has 0 bridgehead atoms. The zero-order valence-corrected chi connectivity index (χ0v) is 12.4. The molecule has 2 rings (SSSR count). The van der Waals surface area contributed by atoms with Crippen LogP contribution < -0.4 is 15.8 Å². The second-order valence-corrected chi connectivity index (χ2v) is 5.04. The van der Waals surface area contributed by atoms with Crippen molar-refractivity contribution in [3.05, 3.63) is 59.1 Å².